The van der Waals surface area contributed by atoms with Crippen molar-refractivity contribution in [1.82, 2.24) is 15.3 Å². The molecule has 96 valence electrons. The molecule has 2 aromatic heterocycles. The maximum absolute atomic E-state index is 11.5. The molecule has 2 N–H and O–H groups in total. The summed E-state index contributed by atoms with van der Waals surface area (Å²) in [5.74, 6) is 0.535. The Balaban J connectivity index is 2.07. The Morgan fingerprint density at radius 2 is 2.33 bits per heavy atom. The second kappa shape index (κ2) is 5.97. The summed E-state index contributed by atoms with van der Waals surface area (Å²) in [5.41, 5.74) is 0. The van der Waals surface area contributed by atoms with Crippen LogP contribution in [0.5, 0.6) is 0 Å². The minimum Gasteiger partial charge on any atom is -0.360 e. The van der Waals surface area contributed by atoms with E-state index in [1.807, 2.05) is 18.4 Å². The number of rotatable bonds is 5. The van der Waals surface area contributed by atoms with E-state index in [2.05, 4.69) is 20.6 Å². The van der Waals surface area contributed by atoms with Crippen LogP contribution in [0.1, 0.15) is 13.3 Å². The van der Waals surface area contributed by atoms with Gasteiger partial charge in [-0.2, -0.15) is 0 Å². The molecule has 0 unspecified atom stereocenters. The second-order valence-electron chi connectivity index (χ2n) is 3.68. The monoisotopic (exact) mass is 284 g/mol. The van der Waals surface area contributed by atoms with Gasteiger partial charge in [-0.3, -0.25) is 4.79 Å². The third-order valence-electron chi connectivity index (χ3n) is 2.29. The van der Waals surface area contributed by atoms with Crippen LogP contribution in [0.25, 0.3) is 10.2 Å². The van der Waals surface area contributed by atoms with Gasteiger partial charge in [-0.15, -0.1) is 11.3 Å². The third kappa shape index (κ3) is 3.08. The summed E-state index contributed by atoms with van der Waals surface area (Å²) in [4.78, 5) is 20.5. The lowest BCUT2D eigenvalue weighted by molar-refractivity contribution is -0.119. The van der Waals surface area contributed by atoms with Gasteiger partial charge in [0, 0.05) is 6.54 Å². The highest BCUT2D eigenvalue weighted by atomic mass is 35.5. The summed E-state index contributed by atoms with van der Waals surface area (Å²) >= 11 is 7.31. The van der Waals surface area contributed by atoms with Crippen molar-refractivity contribution in [3.05, 3.63) is 16.7 Å². The van der Waals surface area contributed by atoms with Gasteiger partial charge in [-0.1, -0.05) is 6.92 Å². The molecule has 0 saturated carbocycles. The van der Waals surface area contributed by atoms with Crippen LogP contribution in [0.3, 0.4) is 0 Å². The SMILES string of the molecule is CCCNC(=O)CNc1nc(Cl)nc2sccc12. The van der Waals surface area contributed by atoms with Gasteiger partial charge in [0.1, 0.15) is 10.6 Å². The normalized spacial score (nSPS) is 10.6. The van der Waals surface area contributed by atoms with Crippen molar-refractivity contribution in [3.8, 4) is 0 Å². The van der Waals surface area contributed by atoms with Crippen molar-refractivity contribution in [2.45, 2.75) is 13.3 Å². The lowest BCUT2D eigenvalue weighted by atomic mass is 10.4. The fraction of sp³-hybridized carbons (Fsp3) is 0.364. The summed E-state index contributed by atoms with van der Waals surface area (Å²) in [6.45, 7) is 2.87. The number of carbonyl (C=O) groups excluding carboxylic acids is 1. The van der Waals surface area contributed by atoms with Crippen molar-refractivity contribution in [3.63, 3.8) is 0 Å². The fourth-order valence-corrected chi connectivity index (χ4v) is 2.44. The Morgan fingerprint density at radius 1 is 1.50 bits per heavy atom. The molecule has 2 rings (SSSR count). The van der Waals surface area contributed by atoms with E-state index in [0.29, 0.717) is 12.4 Å². The first-order valence-electron chi connectivity index (χ1n) is 5.62. The first kappa shape index (κ1) is 13.0. The zero-order valence-corrected chi connectivity index (χ0v) is 11.4. The summed E-state index contributed by atoms with van der Waals surface area (Å²) < 4.78 is 0. The van der Waals surface area contributed by atoms with E-state index in [4.69, 9.17) is 11.6 Å². The average molecular weight is 285 g/mol. The molecule has 0 bridgehead atoms. The third-order valence-corrected chi connectivity index (χ3v) is 3.26. The highest BCUT2D eigenvalue weighted by Gasteiger charge is 2.08. The fourth-order valence-electron chi connectivity index (χ4n) is 1.46. The van der Waals surface area contributed by atoms with Gasteiger partial charge in [0.15, 0.2) is 0 Å². The topological polar surface area (TPSA) is 66.9 Å². The van der Waals surface area contributed by atoms with Gasteiger partial charge in [-0.05, 0) is 29.5 Å². The molecule has 1 amide bonds. The number of hydrogen-bond acceptors (Lipinski definition) is 5. The Morgan fingerprint density at radius 3 is 3.11 bits per heavy atom. The Kier molecular flexibility index (Phi) is 4.33. The van der Waals surface area contributed by atoms with Crippen molar-refractivity contribution < 1.29 is 4.79 Å². The smallest absolute Gasteiger partial charge is 0.239 e. The maximum atomic E-state index is 11.5. The summed E-state index contributed by atoms with van der Waals surface area (Å²) in [6.07, 6.45) is 0.917. The largest absolute Gasteiger partial charge is 0.360 e. The molecular weight excluding hydrogens is 272 g/mol. The molecule has 0 atom stereocenters. The number of hydrogen-bond donors (Lipinski definition) is 2. The molecule has 2 aromatic rings. The zero-order chi connectivity index (χ0) is 13.0. The number of carbonyl (C=O) groups is 1. The van der Waals surface area contributed by atoms with Crippen LogP contribution in [-0.2, 0) is 4.79 Å². The lowest BCUT2D eigenvalue weighted by Gasteiger charge is -2.07. The van der Waals surface area contributed by atoms with Gasteiger partial charge < -0.3 is 10.6 Å². The molecule has 0 saturated heterocycles. The Hall–Kier alpha value is -1.40. The molecule has 0 aromatic carbocycles. The minimum atomic E-state index is -0.0602. The van der Waals surface area contributed by atoms with Crippen molar-refractivity contribution in [2.24, 2.45) is 0 Å². The van der Waals surface area contributed by atoms with Crippen LogP contribution in [0.2, 0.25) is 5.28 Å². The molecule has 0 spiro atoms. The highest BCUT2D eigenvalue weighted by molar-refractivity contribution is 7.16. The molecule has 2 heterocycles. The maximum Gasteiger partial charge on any atom is 0.239 e. The van der Waals surface area contributed by atoms with Crippen LogP contribution in [-0.4, -0.2) is 29.0 Å². The van der Waals surface area contributed by atoms with Crippen LogP contribution in [0.15, 0.2) is 11.4 Å². The van der Waals surface area contributed by atoms with Crippen LogP contribution in [0.4, 0.5) is 5.82 Å². The Labute approximate surface area is 114 Å². The number of nitrogens with zero attached hydrogens (tertiary/aromatic N) is 2. The average Bonchev–Trinajstić information content (AvgIpc) is 2.81. The molecule has 0 aliphatic rings. The van der Waals surface area contributed by atoms with Gasteiger partial charge in [0.2, 0.25) is 11.2 Å². The van der Waals surface area contributed by atoms with E-state index in [-0.39, 0.29) is 17.7 Å². The number of fused-ring (bicyclic) bond motifs is 1. The number of nitrogens with one attached hydrogen (secondary N) is 2. The van der Waals surface area contributed by atoms with E-state index in [1.54, 1.807) is 0 Å². The van der Waals surface area contributed by atoms with Crippen molar-refractivity contribution in [1.29, 1.82) is 0 Å². The predicted octanol–water partition coefficient (Wildman–Crippen LogP) is 2.28. The van der Waals surface area contributed by atoms with E-state index in [0.717, 1.165) is 16.6 Å². The quantitative estimate of drug-likeness (QED) is 0.827. The summed E-state index contributed by atoms with van der Waals surface area (Å²) in [5, 5.41) is 8.74. The first-order chi connectivity index (χ1) is 8.70. The number of thiophene rings is 1. The predicted molar refractivity (Wildman–Crippen MR) is 74.2 cm³/mol. The van der Waals surface area contributed by atoms with E-state index < -0.39 is 0 Å². The Bertz CT molecular complexity index is 557. The molecule has 0 fully saturated rings. The number of anilines is 1. The molecule has 0 radical (unpaired) electrons. The molecule has 0 aliphatic heterocycles. The van der Waals surface area contributed by atoms with Gasteiger partial charge in [0.05, 0.1) is 11.9 Å². The first-order valence-corrected chi connectivity index (χ1v) is 6.87. The minimum absolute atomic E-state index is 0.0602. The highest BCUT2D eigenvalue weighted by Crippen LogP contribution is 2.26. The molecule has 0 aliphatic carbocycles. The molecule has 18 heavy (non-hydrogen) atoms. The molecule has 7 heteroatoms. The summed E-state index contributed by atoms with van der Waals surface area (Å²) in [7, 11) is 0. The number of amides is 1. The number of aromatic nitrogens is 2. The number of halogens is 1. The van der Waals surface area contributed by atoms with Crippen LogP contribution >= 0.6 is 22.9 Å². The second-order valence-corrected chi connectivity index (χ2v) is 4.92. The van der Waals surface area contributed by atoms with Crippen LogP contribution in [0, 0.1) is 0 Å². The molecule has 5 nitrogen and oxygen atoms in total. The zero-order valence-electron chi connectivity index (χ0n) is 9.86. The van der Waals surface area contributed by atoms with E-state index >= 15 is 0 Å². The van der Waals surface area contributed by atoms with E-state index in [1.165, 1.54) is 11.3 Å². The van der Waals surface area contributed by atoms with Gasteiger partial charge >= 0.3 is 0 Å². The molecular formula is C11H13ClN4OS. The summed E-state index contributed by atoms with van der Waals surface area (Å²) in [6, 6.07) is 1.91. The van der Waals surface area contributed by atoms with Gasteiger partial charge in [0.25, 0.3) is 0 Å². The lowest BCUT2D eigenvalue weighted by Crippen LogP contribution is -2.30. The van der Waals surface area contributed by atoms with E-state index in [9.17, 15) is 4.79 Å². The standard InChI is InChI=1S/C11H13ClN4OS/c1-2-4-13-8(17)6-14-9-7-3-5-18-10(7)16-11(12)15-9/h3,5H,2,4,6H2,1H3,(H,13,17)(H,14,15,16). The van der Waals surface area contributed by atoms with Crippen molar-refractivity contribution >= 4 is 44.9 Å². The van der Waals surface area contributed by atoms with Gasteiger partial charge in [-0.25, -0.2) is 9.97 Å². The van der Waals surface area contributed by atoms with Crippen molar-refractivity contribution in [2.75, 3.05) is 18.4 Å². The van der Waals surface area contributed by atoms with Crippen LogP contribution < -0.4 is 10.6 Å².